The van der Waals surface area contributed by atoms with Crippen molar-refractivity contribution < 1.29 is 13.5 Å². The Morgan fingerprint density at radius 2 is 1.69 bits per heavy atom. The van der Waals surface area contributed by atoms with Crippen molar-refractivity contribution in [1.29, 1.82) is 0 Å². The molecule has 1 heterocycles. The smallest absolute Gasteiger partial charge is 0.320 e. The highest BCUT2D eigenvalue weighted by Gasteiger charge is 2.10. The van der Waals surface area contributed by atoms with Gasteiger partial charge in [-0.05, 0) is 49.4 Å². The molecule has 134 valence electrons. The molecule has 0 saturated heterocycles. The van der Waals surface area contributed by atoms with Gasteiger partial charge in [0.1, 0.15) is 17.4 Å². The van der Waals surface area contributed by atoms with Gasteiger partial charge in [0.15, 0.2) is 0 Å². The molecule has 0 aliphatic carbocycles. The fourth-order valence-electron chi connectivity index (χ4n) is 2.55. The van der Waals surface area contributed by atoms with Gasteiger partial charge in [0, 0.05) is 23.6 Å². The Hall–Kier alpha value is -3.22. The van der Waals surface area contributed by atoms with Gasteiger partial charge < -0.3 is 9.30 Å². The third-order valence-electron chi connectivity index (χ3n) is 3.83. The van der Waals surface area contributed by atoms with Crippen molar-refractivity contribution in [3.8, 4) is 11.4 Å². The number of hydrogen-bond donors (Lipinski definition) is 0. The van der Waals surface area contributed by atoms with Crippen LogP contribution in [0.15, 0.2) is 64.4 Å². The van der Waals surface area contributed by atoms with E-state index in [0.29, 0.717) is 18.0 Å². The molecule has 0 saturated carbocycles. The van der Waals surface area contributed by atoms with Crippen molar-refractivity contribution in [1.82, 2.24) is 9.13 Å². The second-order valence-electron chi connectivity index (χ2n) is 5.57. The fourth-order valence-corrected chi connectivity index (χ4v) is 2.55. The highest BCUT2D eigenvalue weighted by atomic mass is 19.1. The monoisotopic (exact) mass is 358 g/mol. The van der Waals surface area contributed by atoms with Crippen molar-refractivity contribution in [2.75, 3.05) is 6.61 Å². The third-order valence-corrected chi connectivity index (χ3v) is 3.83. The molecule has 0 aliphatic rings. The molecule has 0 spiro atoms. The lowest BCUT2D eigenvalue weighted by atomic mass is 10.2. The van der Waals surface area contributed by atoms with E-state index in [1.807, 2.05) is 6.92 Å². The summed E-state index contributed by atoms with van der Waals surface area (Å²) in [5, 5.41) is 0. The summed E-state index contributed by atoms with van der Waals surface area (Å²) >= 11 is 0. The SMILES string of the molecule is CCOc1ccc(-n2ccn(Cc3cc(F)ccc3F)c(=O)c2=O)cc1. The van der Waals surface area contributed by atoms with Crippen LogP contribution in [0.2, 0.25) is 0 Å². The minimum Gasteiger partial charge on any atom is -0.494 e. The number of aromatic nitrogens is 2. The Kier molecular flexibility index (Phi) is 4.97. The number of benzene rings is 2. The summed E-state index contributed by atoms with van der Waals surface area (Å²) in [5.41, 5.74) is -1.12. The van der Waals surface area contributed by atoms with E-state index in [1.165, 1.54) is 17.0 Å². The molecule has 0 atom stereocenters. The Labute approximate surface area is 147 Å². The zero-order valence-corrected chi connectivity index (χ0v) is 14.0. The average Bonchev–Trinajstić information content (AvgIpc) is 2.63. The van der Waals surface area contributed by atoms with E-state index >= 15 is 0 Å². The van der Waals surface area contributed by atoms with Crippen LogP contribution < -0.4 is 15.9 Å². The van der Waals surface area contributed by atoms with Crippen LogP contribution in [0.4, 0.5) is 8.78 Å². The summed E-state index contributed by atoms with van der Waals surface area (Å²) in [6.07, 6.45) is 2.78. The number of hydrogen-bond acceptors (Lipinski definition) is 3. The minimum atomic E-state index is -0.829. The van der Waals surface area contributed by atoms with Gasteiger partial charge in [0.05, 0.1) is 13.2 Å². The van der Waals surface area contributed by atoms with E-state index in [4.69, 9.17) is 4.74 Å². The van der Waals surface area contributed by atoms with Crippen molar-refractivity contribution in [3.63, 3.8) is 0 Å². The van der Waals surface area contributed by atoms with Gasteiger partial charge in [-0.1, -0.05) is 0 Å². The molecule has 26 heavy (non-hydrogen) atoms. The van der Waals surface area contributed by atoms with Gasteiger partial charge in [-0.3, -0.25) is 14.2 Å². The molecular formula is C19H16F2N2O3. The molecule has 7 heteroatoms. The van der Waals surface area contributed by atoms with Crippen LogP contribution in [0.3, 0.4) is 0 Å². The summed E-state index contributed by atoms with van der Waals surface area (Å²) in [4.78, 5) is 24.7. The minimum absolute atomic E-state index is 0.00897. The van der Waals surface area contributed by atoms with Gasteiger partial charge >= 0.3 is 11.1 Å². The van der Waals surface area contributed by atoms with E-state index in [9.17, 15) is 18.4 Å². The normalized spacial score (nSPS) is 10.7. The molecule has 3 aromatic rings. The Morgan fingerprint density at radius 1 is 0.962 bits per heavy atom. The summed E-state index contributed by atoms with van der Waals surface area (Å²) in [7, 11) is 0. The van der Waals surface area contributed by atoms with Crippen LogP contribution in [0.25, 0.3) is 5.69 Å². The Morgan fingerprint density at radius 3 is 2.38 bits per heavy atom. The molecular weight excluding hydrogens is 342 g/mol. The van der Waals surface area contributed by atoms with Gasteiger partial charge in [0.2, 0.25) is 0 Å². The number of halogens is 2. The molecule has 1 aromatic heterocycles. The zero-order valence-electron chi connectivity index (χ0n) is 14.0. The lowest BCUT2D eigenvalue weighted by Crippen LogP contribution is -2.40. The van der Waals surface area contributed by atoms with E-state index in [-0.39, 0.29) is 12.1 Å². The summed E-state index contributed by atoms with van der Waals surface area (Å²) < 4.78 is 34.6. The van der Waals surface area contributed by atoms with Crippen molar-refractivity contribution in [3.05, 3.63) is 92.8 Å². The second-order valence-corrected chi connectivity index (χ2v) is 5.57. The summed E-state index contributed by atoms with van der Waals surface area (Å²) in [6.45, 7) is 2.15. The first-order valence-corrected chi connectivity index (χ1v) is 7.99. The van der Waals surface area contributed by atoms with Gasteiger partial charge in [0.25, 0.3) is 0 Å². The van der Waals surface area contributed by atoms with Crippen molar-refractivity contribution >= 4 is 0 Å². The molecule has 0 fully saturated rings. The van der Waals surface area contributed by atoms with E-state index in [0.717, 1.165) is 22.8 Å². The third kappa shape index (κ3) is 3.56. The van der Waals surface area contributed by atoms with E-state index in [1.54, 1.807) is 24.3 Å². The Balaban J connectivity index is 1.95. The van der Waals surface area contributed by atoms with E-state index < -0.39 is 22.8 Å². The molecule has 5 nitrogen and oxygen atoms in total. The number of rotatable bonds is 5. The van der Waals surface area contributed by atoms with Gasteiger partial charge in [-0.25, -0.2) is 8.78 Å². The van der Waals surface area contributed by atoms with Crippen molar-refractivity contribution in [2.45, 2.75) is 13.5 Å². The maximum absolute atomic E-state index is 13.8. The molecule has 3 rings (SSSR count). The number of ether oxygens (including phenoxy) is 1. The predicted molar refractivity (Wildman–Crippen MR) is 92.9 cm³/mol. The van der Waals surface area contributed by atoms with Gasteiger partial charge in [-0.2, -0.15) is 0 Å². The quantitative estimate of drug-likeness (QED) is 0.659. The topological polar surface area (TPSA) is 53.2 Å². The molecule has 0 radical (unpaired) electrons. The summed E-state index contributed by atoms with van der Waals surface area (Å²) in [5.74, 6) is -0.606. The van der Waals surface area contributed by atoms with E-state index in [2.05, 4.69) is 0 Å². The maximum atomic E-state index is 13.8. The average molecular weight is 358 g/mol. The van der Waals surface area contributed by atoms with Crippen LogP contribution >= 0.6 is 0 Å². The van der Waals surface area contributed by atoms with Crippen molar-refractivity contribution in [2.24, 2.45) is 0 Å². The van der Waals surface area contributed by atoms with Crippen LogP contribution in [0.5, 0.6) is 5.75 Å². The summed E-state index contributed by atoms with van der Waals surface area (Å²) in [6, 6.07) is 9.67. The zero-order chi connectivity index (χ0) is 18.7. The molecule has 0 amide bonds. The van der Waals surface area contributed by atoms with Gasteiger partial charge in [-0.15, -0.1) is 0 Å². The standard InChI is InChI=1S/C19H16F2N2O3/c1-2-26-16-6-4-15(5-7-16)23-10-9-22(18(24)19(23)25)12-13-11-14(20)3-8-17(13)21/h3-11H,2,12H2,1H3. The predicted octanol–water partition coefficient (Wildman–Crippen LogP) is 2.72. The first-order chi connectivity index (χ1) is 12.5. The highest BCUT2D eigenvalue weighted by Crippen LogP contribution is 2.14. The van der Waals surface area contributed by atoms with Crippen LogP contribution in [0.1, 0.15) is 12.5 Å². The highest BCUT2D eigenvalue weighted by molar-refractivity contribution is 5.37. The Bertz CT molecular complexity index is 1040. The first kappa shape index (κ1) is 17.6. The van der Waals surface area contributed by atoms with Crippen LogP contribution in [0, 0.1) is 11.6 Å². The molecule has 0 bridgehead atoms. The maximum Gasteiger partial charge on any atom is 0.320 e. The van der Waals surface area contributed by atoms with Crippen LogP contribution in [-0.4, -0.2) is 15.7 Å². The lowest BCUT2D eigenvalue weighted by Gasteiger charge is -2.10. The molecule has 0 aliphatic heterocycles. The second kappa shape index (κ2) is 7.35. The molecule has 2 aromatic carbocycles. The first-order valence-electron chi connectivity index (χ1n) is 7.99. The lowest BCUT2D eigenvalue weighted by molar-refractivity contribution is 0.340. The number of nitrogens with zero attached hydrogens (tertiary/aromatic N) is 2. The fraction of sp³-hybridized carbons (Fsp3) is 0.158. The molecule has 0 N–H and O–H groups in total. The molecule has 0 unspecified atom stereocenters. The largest absolute Gasteiger partial charge is 0.494 e. The van der Waals surface area contributed by atoms with Crippen LogP contribution in [-0.2, 0) is 6.54 Å².